The molecule has 1 aliphatic rings. The maximum absolute atomic E-state index is 13.7. The van der Waals surface area contributed by atoms with Crippen LogP contribution in [0.15, 0.2) is 78.5 Å². The number of amides is 2. The van der Waals surface area contributed by atoms with Crippen LogP contribution in [0.3, 0.4) is 0 Å². The third-order valence-electron chi connectivity index (χ3n) is 4.62. The molecule has 0 spiro atoms. The average molecular weight is 423 g/mol. The van der Waals surface area contributed by atoms with E-state index in [0.717, 1.165) is 4.90 Å². The van der Waals surface area contributed by atoms with Gasteiger partial charge < -0.3 is 10.1 Å². The number of methoxy groups -OCH3 is 1. The van der Waals surface area contributed by atoms with E-state index in [4.69, 9.17) is 16.3 Å². The Labute approximate surface area is 177 Å². The summed E-state index contributed by atoms with van der Waals surface area (Å²) in [4.78, 5) is 27.7. The number of carbonyl (C=O) groups is 2. The van der Waals surface area contributed by atoms with E-state index >= 15 is 0 Å². The van der Waals surface area contributed by atoms with Crippen LogP contribution in [0.4, 0.5) is 15.8 Å². The second kappa shape index (κ2) is 8.00. The van der Waals surface area contributed by atoms with Gasteiger partial charge in [0.2, 0.25) is 0 Å². The number of halogens is 2. The molecular weight excluding hydrogens is 407 g/mol. The first-order valence-corrected chi connectivity index (χ1v) is 9.42. The second-order valence-electron chi connectivity index (χ2n) is 6.51. The molecule has 5 nitrogen and oxygen atoms in total. The average Bonchev–Trinajstić information content (AvgIpc) is 2.97. The van der Waals surface area contributed by atoms with E-state index in [1.165, 1.54) is 31.4 Å². The summed E-state index contributed by atoms with van der Waals surface area (Å²) in [6.07, 6.45) is 0. The summed E-state index contributed by atoms with van der Waals surface area (Å²) in [6.45, 7) is 0. The van der Waals surface area contributed by atoms with Gasteiger partial charge in [-0.2, -0.15) is 0 Å². The normalized spacial score (nSPS) is 13.8. The predicted molar refractivity (Wildman–Crippen MR) is 114 cm³/mol. The van der Waals surface area contributed by atoms with Crippen LogP contribution in [0.25, 0.3) is 5.57 Å². The Bertz CT molecular complexity index is 1190. The number of para-hydroxylation sites is 1. The van der Waals surface area contributed by atoms with E-state index in [1.54, 1.807) is 48.5 Å². The highest BCUT2D eigenvalue weighted by atomic mass is 35.5. The molecule has 7 heteroatoms. The van der Waals surface area contributed by atoms with Crippen molar-refractivity contribution in [1.29, 1.82) is 0 Å². The summed E-state index contributed by atoms with van der Waals surface area (Å²) in [7, 11) is 1.48. The second-order valence-corrected chi connectivity index (χ2v) is 6.95. The Morgan fingerprint density at radius 1 is 0.933 bits per heavy atom. The minimum atomic E-state index is -0.576. The summed E-state index contributed by atoms with van der Waals surface area (Å²) in [5.74, 6) is -1.15. The van der Waals surface area contributed by atoms with Crippen LogP contribution in [0.1, 0.15) is 5.56 Å². The molecule has 0 unspecified atom stereocenters. The first-order valence-electron chi connectivity index (χ1n) is 9.04. The van der Waals surface area contributed by atoms with Gasteiger partial charge in [0.25, 0.3) is 11.8 Å². The van der Waals surface area contributed by atoms with Gasteiger partial charge in [-0.15, -0.1) is 0 Å². The van der Waals surface area contributed by atoms with Crippen LogP contribution in [0, 0.1) is 5.82 Å². The molecule has 0 radical (unpaired) electrons. The van der Waals surface area contributed by atoms with Crippen molar-refractivity contribution in [3.8, 4) is 5.75 Å². The number of nitrogens with one attached hydrogen (secondary N) is 1. The van der Waals surface area contributed by atoms with Crippen LogP contribution < -0.4 is 15.0 Å². The summed E-state index contributed by atoms with van der Waals surface area (Å²) in [5.41, 5.74) is 1.27. The maximum atomic E-state index is 13.7. The Morgan fingerprint density at radius 3 is 2.43 bits per heavy atom. The molecule has 1 aliphatic heterocycles. The quantitative estimate of drug-likeness (QED) is 0.595. The van der Waals surface area contributed by atoms with Crippen LogP contribution in [-0.4, -0.2) is 18.9 Å². The van der Waals surface area contributed by atoms with Crippen molar-refractivity contribution in [2.75, 3.05) is 17.3 Å². The molecule has 2 amide bonds. The van der Waals surface area contributed by atoms with Gasteiger partial charge in [-0.3, -0.25) is 9.59 Å². The van der Waals surface area contributed by atoms with E-state index in [-0.39, 0.29) is 11.3 Å². The number of benzene rings is 3. The maximum Gasteiger partial charge on any atom is 0.282 e. The molecule has 3 aromatic rings. The Kier molecular flexibility index (Phi) is 5.25. The monoisotopic (exact) mass is 422 g/mol. The summed E-state index contributed by atoms with van der Waals surface area (Å²) >= 11 is 6.06. The third kappa shape index (κ3) is 3.53. The van der Waals surface area contributed by atoms with Gasteiger partial charge in [0.05, 0.1) is 18.4 Å². The molecule has 0 aromatic heterocycles. The number of rotatable bonds is 5. The zero-order chi connectivity index (χ0) is 21.3. The van der Waals surface area contributed by atoms with E-state index in [0.29, 0.717) is 27.7 Å². The largest absolute Gasteiger partial charge is 0.496 e. The lowest BCUT2D eigenvalue weighted by atomic mass is 10.0. The number of nitrogens with zero attached hydrogens (tertiary/aromatic N) is 1. The van der Waals surface area contributed by atoms with E-state index < -0.39 is 17.6 Å². The number of anilines is 2. The Morgan fingerprint density at radius 2 is 1.70 bits per heavy atom. The summed E-state index contributed by atoms with van der Waals surface area (Å²) in [5, 5.41) is 3.30. The van der Waals surface area contributed by atoms with Crippen molar-refractivity contribution in [3.05, 3.63) is 94.9 Å². The third-order valence-corrected chi connectivity index (χ3v) is 4.86. The fourth-order valence-corrected chi connectivity index (χ4v) is 3.49. The highest BCUT2D eigenvalue weighted by Gasteiger charge is 2.41. The molecular formula is C23H16ClFN2O3. The number of hydrogen-bond acceptors (Lipinski definition) is 4. The van der Waals surface area contributed by atoms with E-state index in [2.05, 4.69) is 5.32 Å². The van der Waals surface area contributed by atoms with Gasteiger partial charge in [-0.25, -0.2) is 9.29 Å². The van der Waals surface area contributed by atoms with Gasteiger partial charge >= 0.3 is 0 Å². The zero-order valence-corrected chi connectivity index (χ0v) is 16.6. The van der Waals surface area contributed by atoms with Crippen molar-refractivity contribution in [2.24, 2.45) is 0 Å². The van der Waals surface area contributed by atoms with Gasteiger partial charge in [0, 0.05) is 16.3 Å². The van der Waals surface area contributed by atoms with Crippen LogP contribution in [0.2, 0.25) is 5.02 Å². The molecule has 0 fully saturated rings. The molecule has 0 atom stereocenters. The molecule has 0 saturated heterocycles. The molecule has 0 saturated carbocycles. The van der Waals surface area contributed by atoms with E-state index in [1.807, 2.05) is 0 Å². The van der Waals surface area contributed by atoms with Crippen molar-refractivity contribution in [2.45, 2.75) is 0 Å². The fourth-order valence-electron chi connectivity index (χ4n) is 3.31. The van der Waals surface area contributed by atoms with Gasteiger partial charge in [0.15, 0.2) is 0 Å². The minimum Gasteiger partial charge on any atom is -0.496 e. The van der Waals surface area contributed by atoms with Gasteiger partial charge in [-0.1, -0.05) is 41.9 Å². The minimum absolute atomic E-state index is 0.0232. The zero-order valence-electron chi connectivity index (χ0n) is 15.9. The summed E-state index contributed by atoms with van der Waals surface area (Å²) < 4.78 is 19.1. The SMILES string of the molecule is COc1ccccc1C1=C(Nc2cccc(F)c2)C(=O)N(c2cccc(Cl)c2)C1=O. The first kappa shape index (κ1) is 19.7. The molecule has 0 aliphatic carbocycles. The van der Waals surface area contributed by atoms with Crippen molar-refractivity contribution < 1.29 is 18.7 Å². The Balaban J connectivity index is 1.87. The standard InChI is InChI=1S/C23H16ClFN2O3/c1-30-19-11-3-2-10-18(19)20-21(26-16-8-5-7-15(25)13-16)23(29)27(22(20)28)17-9-4-6-14(24)12-17/h2-13,26H,1H3. The number of carbonyl (C=O) groups excluding carboxylic acids is 2. The van der Waals surface area contributed by atoms with Crippen LogP contribution in [-0.2, 0) is 9.59 Å². The highest BCUT2D eigenvalue weighted by molar-refractivity contribution is 6.46. The smallest absolute Gasteiger partial charge is 0.282 e. The van der Waals surface area contributed by atoms with Crippen molar-refractivity contribution in [1.82, 2.24) is 0 Å². The highest BCUT2D eigenvalue weighted by Crippen LogP contribution is 2.37. The van der Waals surface area contributed by atoms with Crippen molar-refractivity contribution in [3.63, 3.8) is 0 Å². The Hall–Kier alpha value is -3.64. The van der Waals surface area contributed by atoms with Gasteiger partial charge in [-0.05, 0) is 42.5 Å². The molecule has 150 valence electrons. The molecule has 4 rings (SSSR count). The van der Waals surface area contributed by atoms with E-state index in [9.17, 15) is 14.0 Å². The molecule has 30 heavy (non-hydrogen) atoms. The molecule has 3 aromatic carbocycles. The molecule has 1 heterocycles. The van der Waals surface area contributed by atoms with Crippen molar-refractivity contribution >= 4 is 40.4 Å². The lowest BCUT2D eigenvalue weighted by molar-refractivity contribution is -0.120. The van der Waals surface area contributed by atoms with Crippen LogP contribution in [0.5, 0.6) is 5.75 Å². The topological polar surface area (TPSA) is 58.6 Å². The number of imide groups is 1. The lowest BCUT2D eigenvalue weighted by Gasteiger charge is -2.16. The first-order chi connectivity index (χ1) is 14.5. The predicted octanol–water partition coefficient (Wildman–Crippen LogP) is 4.88. The fraction of sp³-hybridized carbons (Fsp3) is 0.0435. The molecule has 0 bridgehead atoms. The van der Waals surface area contributed by atoms with Crippen LogP contribution >= 0.6 is 11.6 Å². The number of hydrogen-bond donors (Lipinski definition) is 1. The number of ether oxygens (including phenoxy) is 1. The lowest BCUT2D eigenvalue weighted by Crippen LogP contribution is -2.32. The van der Waals surface area contributed by atoms with Gasteiger partial charge in [0.1, 0.15) is 17.3 Å². The molecule has 1 N–H and O–H groups in total. The summed E-state index contributed by atoms with van der Waals surface area (Å²) in [6, 6.07) is 19.0.